The van der Waals surface area contributed by atoms with Gasteiger partial charge in [0.2, 0.25) is 0 Å². The first-order chi connectivity index (χ1) is 4.72. The van der Waals surface area contributed by atoms with Crippen LogP contribution in [0.5, 0.6) is 0 Å². The van der Waals surface area contributed by atoms with Crippen LogP contribution in [0.1, 0.15) is 5.69 Å². The van der Waals surface area contributed by atoms with Gasteiger partial charge in [0.15, 0.2) is 0 Å². The summed E-state index contributed by atoms with van der Waals surface area (Å²) in [4.78, 5) is 13.3. The molecule has 10 heavy (non-hydrogen) atoms. The van der Waals surface area contributed by atoms with Crippen molar-refractivity contribution in [2.45, 2.75) is 6.92 Å². The Bertz CT molecular complexity index is 260. The second kappa shape index (κ2) is 2.43. The van der Waals surface area contributed by atoms with Crippen molar-refractivity contribution in [3.63, 3.8) is 0 Å². The van der Waals surface area contributed by atoms with E-state index >= 15 is 0 Å². The fourth-order valence-corrected chi connectivity index (χ4v) is 0.621. The van der Waals surface area contributed by atoms with E-state index in [1.165, 1.54) is 12.1 Å². The number of nitrogens with zero attached hydrogens (tertiary/aromatic N) is 2. The van der Waals surface area contributed by atoms with Crippen molar-refractivity contribution in [3.8, 4) is 0 Å². The van der Waals surface area contributed by atoms with E-state index in [9.17, 15) is 10.1 Å². The van der Waals surface area contributed by atoms with Crippen LogP contribution >= 0.6 is 0 Å². The Kier molecular flexibility index (Phi) is 1.62. The summed E-state index contributed by atoms with van der Waals surface area (Å²) in [6.07, 6.45) is 2.50. The molecule has 0 bridgehead atoms. The summed E-state index contributed by atoms with van der Waals surface area (Å²) in [5.41, 5.74) is 0.436. The summed E-state index contributed by atoms with van der Waals surface area (Å²) in [7, 11) is 0. The van der Waals surface area contributed by atoms with Crippen LogP contribution in [0.2, 0.25) is 0 Å². The second-order valence-corrected chi connectivity index (χ2v) is 1.80. The molecule has 0 saturated carbocycles. The molecule has 0 atom stereocenters. The second-order valence-electron chi connectivity index (χ2n) is 1.80. The van der Waals surface area contributed by atoms with Crippen LogP contribution in [0.25, 0.3) is 0 Å². The monoisotopic (exact) mass is 137 g/mol. The Labute approximate surface area is 57.7 Å². The molecule has 0 fully saturated rings. The van der Waals surface area contributed by atoms with Crippen molar-refractivity contribution < 1.29 is 4.92 Å². The molecule has 1 heterocycles. The van der Waals surface area contributed by atoms with Gasteiger partial charge in [0, 0.05) is 6.07 Å². The van der Waals surface area contributed by atoms with E-state index in [0.29, 0.717) is 5.69 Å². The lowest BCUT2D eigenvalue weighted by atomic mass is 10.3. The van der Waals surface area contributed by atoms with Crippen molar-refractivity contribution in [3.05, 3.63) is 34.1 Å². The zero-order chi connectivity index (χ0) is 7.56. The summed E-state index contributed by atoms with van der Waals surface area (Å²) >= 11 is 0. The van der Waals surface area contributed by atoms with Gasteiger partial charge in [0.25, 0.3) is 5.69 Å². The third kappa shape index (κ3) is 1.10. The van der Waals surface area contributed by atoms with Crippen molar-refractivity contribution in [2.24, 2.45) is 0 Å². The van der Waals surface area contributed by atoms with Crippen LogP contribution in [0.15, 0.2) is 12.1 Å². The smallest absolute Gasteiger partial charge is 0.258 e. The molecule has 0 saturated heterocycles. The lowest BCUT2D eigenvalue weighted by molar-refractivity contribution is -0.385. The maximum atomic E-state index is 10.2. The first kappa shape index (κ1) is 6.67. The zero-order valence-corrected chi connectivity index (χ0v) is 5.37. The highest BCUT2D eigenvalue weighted by Crippen LogP contribution is 2.11. The molecule has 0 aliphatic rings. The lowest BCUT2D eigenvalue weighted by Gasteiger charge is -1.91. The van der Waals surface area contributed by atoms with Crippen molar-refractivity contribution >= 4 is 5.69 Å². The van der Waals surface area contributed by atoms with Crippen LogP contribution in [0.3, 0.4) is 0 Å². The Morgan fingerprint density at radius 2 is 2.50 bits per heavy atom. The van der Waals surface area contributed by atoms with Crippen LogP contribution in [0, 0.1) is 23.2 Å². The van der Waals surface area contributed by atoms with Gasteiger partial charge in [-0.2, -0.15) is 0 Å². The molecular weight excluding hydrogens is 132 g/mol. The highest BCUT2D eigenvalue weighted by atomic mass is 16.6. The molecule has 0 aliphatic carbocycles. The Balaban J connectivity index is 3.15. The van der Waals surface area contributed by atoms with Crippen molar-refractivity contribution in [1.82, 2.24) is 4.98 Å². The van der Waals surface area contributed by atoms with E-state index in [1.54, 1.807) is 6.92 Å². The summed E-state index contributed by atoms with van der Waals surface area (Å²) in [6.45, 7) is 1.58. The number of rotatable bonds is 1. The molecular formula is C6H5N2O2. The van der Waals surface area contributed by atoms with E-state index in [2.05, 4.69) is 11.2 Å². The first-order valence-electron chi connectivity index (χ1n) is 2.70. The fourth-order valence-electron chi connectivity index (χ4n) is 0.621. The number of aromatic nitrogens is 1. The molecule has 0 amide bonds. The summed E-state index contributed by atoms with van der Waals surface area (Å²) < 4.78 is 0. The van der Waals surface area contributed by atoms with E-state index in [-0.39, 0.29) is 5.69 Å². The zero-order valence-electron chi connectivity index (χ0n) is 5.37. The van der Waals surface area contributed by atoms with Gasteiger partial charge in [0.1, 0.15) is 5.69 Å². The van der Waals surface area contributed by atoms with Gasteiger partial charge < -0.3 is 0 Å². The van der Waals surface area contributed by atoms with Crippen molar-refractivity contribution in [1.29, 1.82) is 0 Å². The molecule has 1 aromatic heterocycles. The van der Waals surface area contributed by atoms with Gasteiger partial charge in [0.05, 0.1) is 11.1 Å². The van der Waals surface area contributed by atoms with Gasteiger partial charge in [-0.25, -0.2) is 4.98 Å². The largest absolute Gasteiger partial charge is 0.290 e. The predicted molar refractivity (Wildman–Crippen MR) is 34.5 cm³/mol. The SMILES string of the molecule is Cc1n[c]ccc1[N+](=O)[O-]. The van der Waals surface area contributed by atoms with Crippen molar-refractivity contribution in [2.75, 3.05) is 0 Å². The van der Waals surface area contributed by atoms with Crippen LogP contribution < -0.4 is 0 Å². The van der Waals surface area contributed by atoms with E-state index < -0.39 is 4.92 Å². The number of hydrogen-bond acceptors (Lipinski definition) is 3. The van der Waals surface area contributed by atoms with Crippen LogP contribution in [-0.2, 0) is 0 Å². The number of pyridine rings is 1. The number of aryl methyl sites for hydroxylation is 1. The number of hydrogen-bond donors (Lipinski definition) is 0. The highest BCUT2D eigenvalue weighted by Gasteiger charge is 2.07. The Hall–Kier alpha value is -1.45. The van der Waals surface area contributed by atoms with Gasteiger partial charge in [-0.3, -0.25) is 10.1 Å². The van der Waals surface area contributed by atoms with Crippen LogP contribution in [-0.4, -0.2) is 9.91 Å². The quantitative estimate of drug-likeness (QED) is 0.430. The van der Waals surface area contributed by atoms with E-state index in [1.807, 2.05) is 0 Å². The third-order valence-electron chi connectivity index (χ3n) is 1.12. The van der Waals surface area contributed by atoms with Gasteiger partial charge >= 0.3 is 0 Å². The molecule has 51 valence electrons. The lowest BCUT2D eigenvalue weighted by Crippen LogP contribution is -1.92. The summed E-state index contributed by atoms with van der Waals surface area (Å²) in [6, 6.07) is 2.80. The Morgan fingerprint density at radius 1 is 1.80 bits per heavy atom. The van der Waals surface area contributed by atoms with E-state index in [4.69, 9.17) is 0 Å². The minimum atomic E-state index is -0.462. The van der Waals surface area contributed by atoms with Gasteiger partial charge in [-0.15, -0.1) is 0 Å². The molecule has 0 aromatic carbocycles. The molecule has 0 N–H and O–H groups in total. The van der Waals surface area contributed by atoms with E-state index in [0.717, 1.165) is 0 Å². The Morgan fingerprint density at radius 3 is 2.90 bits per heavy atom. The molecule has 4 nitrogen and oxygen atoms in total. The average molecular weight is 137 g/mol. The summed E-state index contributed by atoms with van der Waals surface area (Å²) in [5.74, 6) is 0. The summed E-state index contributed by atoms with van der Waals surface area (Å²) in [5, 5.41) is 10.2. The molecule has 0 spiro atoms. The maximum absolute atomic E-state index is 10.2. The number of nitro groups is 1. The molecule has 1 aromatic rings. The first-order valence-corrected chi connectivity index (χ1v) is 2.70. The minimum absolute atomic E-state index is 0.0405. The maximum Gasteiger partial charge on any atom is 0.290 e. The molecule has 4 heteroatoms. The van der Waals surface area contributed by atoms with Gasteiger partial charge in [-0.1, -0.05) is 0 Å². The third-order valence-corrected chi connectivity index (χ3v) is 1.12. The molecule has 1 rings (SSSR count). The fraction of sp³-hybridized carbons (Fsp3) is 0.167. The topological polar surface area (TPSA) is 56.0 Å². The molecule has 1 radical (unpaired) electrons. The minimum Gasteiger partial charge on any atom is -0.258 e. The molecule has 0 aliphatic heterocycles. The normalized spacial score (nSPS) is 9.30. The standard InChI is InChI=1S/C6H5N2O2/c1-5-6(8(9)10)3-2-4-7-5/h2-3H,1H3. The molecule has 0 unspecified atom stereocenters. The average Bonchev–Trinajstić information content (AvgIpc) is 1.88. The predicted octanol–water partition coefficient (Wildman–Crippen LogP) is 1.10. The van der Waals surface area contributed by atoms with Gasteiger partial charge in [-0.05, 0) is 13.0 Å². The highest BCUT2D eigenvalue weighted by molar-refractivity contribution is 5.32. The van der Waals surface area contributed by atoms with Crippen LogP contribution in [0.4, 0.5) is 5.69 Å².